The van der Waals surface area contributed by atoms with E-state index in [1.165, 1.54) is 11.8 Å². The van der Waals surface area contributed by atoms with Crippen molar-refractivity contribution in [3.05, 3.63) is 29.3 Å². The Balaban J connectivity index is 2.89. The number of amides is 1. The number of nitrogens with zero attached hydrogens (tertiary/aromatic N) is 1. The minimum atomic E-state index is -0.610. The second kappa shape index (κ2) is 5.12. The van der Waals surface area contributed by atoms with Gasteiger partial charge in [-0.25, -0.2) is 8.78 Å². The average molecular weight is 242 g/mol. The van der Waals surface area contributed by atoms with E-state index in [-0.39, 0.29) is 17.2 Å². The van der Waals surface area contributed by atoms with Crippen molar-refractivity contribution in [3.63, 3.8) is 0 Å². The number of rotatable bonds is 3. The summed E-state index contributed by atoms with van der Waals surface area (Å²) in [6.07, 6.45) is 0. The Bertz CT molecular complexity index is 433. The molecular weight excluding hydrogens is 226 g/mol. The number of carbonyl (C=O) groups excluding carboxylic acids is 1. The Morgan fingerprint density at radius 1 is 1.29 bits per heavy atom. The van der Waals surface area contributed by atoms with Gasteiger partial charge in [0.05, 0.1) is 5.69 Å². The molecule has 0 saturated heterocycles. The number of anilines is 1. The molecule has 1 atom stereocenters. The van der Waals surface area contributed by atoms with Crippen molar-refractivity contribution in [2.45, 2.75) is 19.9 Å². The maximum atomic E-state index is 13.5. The van der Waals surface area contributed by atoms with E-state index in [0.717, 1.165) is 12.1 Å². The van der Waals surface area contributed by atoms with Crippen LogP contribution in [0, 0.1) is 18.6 Å². The molecule has 94 valence electrons. The van der Waals surface area contributed by atoms with Crippen LogP contribution in [-0.2, 0) is 4.79 Å². The minimum absolute atomic E-state index is 0.00389. The van der Waals surface area contributed by atoms with Crippen molar-refractivity contribution < 1.29 is 13.6 Å². The molecule has 0 spiro atoms. The molecule has 0 fully saturated rings. The summed E-state index contributed by atoms with van der Waals surface area (Å²) in [6, 6.07) is 1.55. The average Bonchev–Trinajstić information content (AvgIpc) is 2.24. The van der Waals surface area contributed by atoms with Crippen LogP contribution in [0.3, 0.4) is 0 Å². The first-order valence-corrected chi connectivity index (χ1v) is 5.26. The molecule has 0 bridgehead atoms. The van der Waals surface area contributed by atoms with Gasteiger partial charge in [-0.05, 0) is 25.5 Å². The molecule has 17 heavy (non-hydrogen) atoms. The lowest BCUT2D eigenvalue weighted by molar-refractivity contribution is -0.129. The van der Waals surface area contributed by atoms with Crippen LogP contribution >= 0.6 is 0 Å². The van der Waals surface area contributed by atoms with Gasteiger partial charge in [0, 0.05) is 20.2 Å². The number of hydrogen-bond donors (Lipinski definition) is 1. The molecule has 0 aliphatic carbocycles. The van der Waals surface area contributed by atoms with Crippen LogP contribution in [0.15, 0.2) is 12.1 Å². The third-order valence-corrected chi connectivity index (χ3v) is 2.43. The van der Waals surface area contributed by atoms with Gasteiger partial charge >= 0.3 is 0 Å². The quantitative estimate of drug-likeness (QED) is 0.881. The normalized spacial score (nSPS) is 12.1. The van der Waals surface area contributed by atoms with Gasteiger partial charge < -0.3 is 10.2 Å². The summed E-state index contributed by atoms with van der Waals surface area (Å²) in [5.41, 5.74) is 0.232. The van der Waals surface area contributed by atoms with Crippen molar-refractivity contribution in [2.75, 3.05) is 19.4 Å². The van der Waals surface area contributed by atoms with Crippen molar-refractivity contribution in [2.24, 2.45) is 0 Å². The Morgan fingerprint density at radius 3 is 2.41 bits per heavy atom. The van der Waals surface area contributed by atoms with Gasteiger partial charge in [-0.2, -0.15) is 0 Å². The molecule has 1 aromatic carbocycles. The van der Waals surface area contributed by atoms with Gasteiger partial charge in [0.1, 0.15) is 17.7 Å². The van der Waals surface area contributed by atoms with Crippen molar-refractivity contribution in [1.82, 2.24) is 4.90 Å². The molecule has 0 radical (unpaired) electrons. The largest absolute Gasteiger partial charge is 0.371 e. The van der Waals surface area contributed by atoms with Crippen LogP contribution < -0.4 is 5.32 Å². The molecule has 0 aliphatic rings. The number of aryl methyl sites for hydroxylation is 1. The fraction of sp³-hybridized carbons (Fsp3) is 0.417. The van der Waals surface area contributed by atoms with Crippen LogP contribution in [-0.4, -0.2) is 30.9 Å². The lowest BCUT2D eigenvalue weighted by atomic mass is 10.2. The summed E-state index contributed by atoms with van der Waals surface area (Å²) < 4.78 is 26.8. The third-order valence-electron chi connectivity index (χ3n) is 2.43. The highest BCUT2D eigenvalue weighted by Gasteiger charge is 2.16. The van der Waals surface area contributed by atoms with Gasteiger partial charge in [-0.1, -0.05) is 0 Å². The predicted molar refractivity (Wildman–Crippen MR) is 62.9 cm³/mol. The standard InChI is InChI=1S/C12H16F2N2O/c1-7-5-10(14)11(6-9(7)13)15-8(2)12(17)16(3)4/h5-6,8,15H,1-4H3. The zero-order chi connectivity index (χ0) is 13.2. The van der Waals surface area contributed by atoms with E-state index in [1.54, 1.807) is 21.0 Å². The summed E-state index contributed by atoms with van der Waals surface area (Å²) >= 11 is 0. The van der Waals surface area contributed by atoms with E-state index in [2.05, 4.69) is 5.32 Å². The molecular formula is C12H16F2N2O. The van der Waals surface area contributed by atoms with Crippen LogP contribution in [0.4, 0.5) is 14.5 Å². The Morgan fingerprint density at radius 2 is 1.88 bits per heavy atom. The van der Waals surface area contributed by atoms with E-state index < -0.39 is 17.7 Å². The minimum Gasteiger partial charge on any atom is -0.371 e. The first-order valence-electron chi connectivity index (χ1n) is 5.26. The zero-order valence-corrected chi connectivity index (χ0v) is 10.3. The number of likely N-dealkylation sites (N-methyl/N-ethyl adjacent to an activating group) is 1. The number of nitrogens with one attached hydrogen (secondary N) is 1. The molecule has 0 aliphatic heterocycles. The van der Waals surface area contributed by atoms with Crippen molar-refractivity contribution in [3.8, 4) is 0 Å². The zero-order valence-electron chi connectivity index (χ0n) is 10.3. The highest BCUT2D eigenvalue weighted by atomic mass is 19.1. The van der Waals surface area contributed by atoms with Crippen molar-refractivity contribution >= 4 is 11.6 Å². The highest BCUT2D eigenvalue weighted by Crippen LogP contribution is 2.19. The summed E-state index contributed by atoms with van der Waals surface area (Å²) in [7, 11) is 3.21. The van der Waals surface area contributed by atoms with Crippen molar-refractivity contribution in [1.29, 1.82) is 0 Å². The molecule has 1 aromatic rings. The van der Waals surface area contributed by atoms with Gasteiger partial charge in [0.25, 0.3) is 0 Å². The fourth-order valence-corrected chi connectivity index (χ4v) is 1.44. The second-order valence-corrected chi connectivity index (χ2v) is 4.18. The molecule has 1 amide bonds. The number of halogens is 2. The molecule has 1 N–H and O–H groups in total. The highest BCUT2D eigenvalue weighted by molar-refractivity contribution is 5.83. The Kier molecular flexibility index (Phi) is 4.04. The van der Waals surface area contributed by atoms with E-state index in [1.807, 2.05) is 0 Å². The fourth-order valence-electron chi connectivity index (χ4n) is 1.44. The van der Waals surface area contributed by atoms with Crippen LogP contribution in [0.1, 0.15) is 12.5 Å². The molecule has 1 unspecified atom stereocenters. The maximum absolute atomic E-state index is 13.5. The van der Waals surface area contributed by atoms with E-state index in [9.17, 15) is 13.6 Å². The topological polar surface area (TPSA) is 32.3 Å². The number of carbonyl (C=O) groups is 1. The predicted octanol–water partition coefficient (Wildman–Crippen LogP) is 2.16. The van der Waals surface area contributed by atoms with E-state index in [4.69, 9.17) is 0 Å². The number of hydrogen-bond acceptors (Lipinski definition) is 2. The Hall–Kier alpha value is -1.65. The molecule has 3 nitrogen and oxygen atoms in total. The SMILES string of the molecule is Cc1cc(F)c(NC(C)C(=O)N(C)C)cc1F. The third kappa shape index (κ3) is 3.15. The summed E-state index contributed by atoms with van der Waals surface area (Å²) in [5, 5.41) is 2.65. The van der Waals surface area contributed by atoms with E-state index in [0.29, 0.717) is 0 Å². The molecule has 0 heterocycles. The van der Waals surface area contributed by atoms with E-state index >= 15 is 0 Å². The van der Waals surface area contributed by atoms with Gasteiger partial charge in [0.15, 0.2) is 0 Å². The van der Waals surface area contributed by atoms with Crippen LogP contribution in [0.2, 0.25) is 0 Å². The molecule has 5 heteroatoms. The summed E-state index contributed by atoms with van der Waals surface area (Å²) in [6.45, 7) is 3.08. The monoisotopic (exact) mass is 242 g/mol. The first kappa shape index (κ1) is 13.4. The lowest BCUT2D eigenvalue weighted by Gasteiger charge is -2.19. The van der Waals surface area contributed by atoms with Crippen LogP contribution in [0.5, 0.6) is 0 Å². The van der Waals surface area contributed by atoms with Gasteiger partial charge in [-0.15, -0.1) is 0 Å². The maximum Gasteiger partial charge on any atom is 0.244 e. The van der Waals surface area contributed by atoms with Crippen LogP contribution in [0.25, 0.3) is 0 Å². The lowest BCUT2D eigenvalue weighted by Crippen LogP contribution is -2.36. The summed E-state index contributed by atoms with van der Waals surface area (Å²) in [5.74, 6) is -1.27. The number of benzene rings is 1. The van der Waals surface area contributed by atoms with Gasteiger partial charge in [-0.3, -0.25) is 4.79 Å². The van der Waals surface area contributed by atoms with Gasteiger partial charge in [0.2, 0.25) is 5.91 Å². The molecule has 1 rings (SSSR count). The second-order valence-electron chi connectivity index (χ2n) is 4.18. The summed E-state index contributed by atoms with van der Waals surface area (Å²) in [4.78, 5) is 12.9. The first-order chi connectivity index (χ1) is 7.82. The Labute approximate surface area is 99.4 Å². The smallest absolute Gasteiger partial charge is 0.244 e. The molecule has 0 saturated carbocycles. The molecule has 0 aromatic heterocycles.